The summed E-state index contributed by atoms with van der Waals surface area (Å²) in [6.07, 6.45) is 5.04. The lowest BCUT2D eigenvalue weighted by molar-refractivity contribution is -0.0241. The molecule has 2 heteroatoms. The zero-order chi connectivity index (χ0) is 8.18. The van der Waals surface area contributed by atoms with Gasteiger partial charge in [-0.05, 0) is 12.8 Å². The second-order valence-corrected chi connectivity index (χ2v) is 4.43. The Morgan fingerprint density at radius 2 is 2.08 bits per heavy atom. The molecule has 2 saturated carbocycles. The zero-order valence-electron chi connectivity index (χ0n) is 7.12. The second-order valence-electron chi connectivity index (χ2n) is 4.43. The number of nitrogens with zero attached hydrogens (tertiary/aromatic N) is 1. The lowest BCUT2D eigenvalue weighted by Gasteiger charge is -2.25. The van der Waals surface area contributed by atoms with E-state index in [0.29, 0.717) is 17.8 Å². The van der Waals surface area contributed by atoms with Crippen molar-refractivity contribution in [2.24, 2.45) is 17.8 Å². The molecule has 3 atom stereocenters. The molecule has 3 aliphatic rings. The van der Waals surface area contributed by atoms with Crippen LogP contribution in [0.3, 0.4) is 0 Å². The maximum Gasteiger partial charge on any atom is 0.0727 e. The molecule has 1 saturated heterocycles. The topological polar surface area (TPSA) is 33.0 Å². The SMILES string of the molecule is N#CC1C2COC3(CCCC3)C12. The third-order valence-electron chi connectivity index (χ3n) is 3.94. The zero-order valence-corrected chi connectivity index (χ0v) is 7.12. The van der Waals surface area contributed by atoms with Gasteiger partial charge in [-0.1, -0.05) is 12.8 Å². The second kappa shape index (κ2) is 2.03. The lowest BCUT2D eigenvalue weighted by Crippen LogP contribution is -2.29. The molecule has 0 aromatic carbocycles. The number of ether oxygens (including phenoxy) is 1. The van der Waals surface area contributed by atoms with Crippen molar-refractivity contribution in [2.45, 2.75) is 31.3 Å². The fourth-order valence-corrected chi connectivity index (χ4v) is 3.28. The fraction of sp³-hybridized carbons (Fsp3) is 0.900. The van der Waals surface area contributed by atoms with Gasteiger partial charge in [0.1, 0.15) is 0 Å². The van der Waals surface area contributed by atoms with Crippen LogP contribution in [-0.4, -0.2) is 12.2 Å². The molecule has 12 heavy (non-hydrogen) atoms. The van der Waals surface area contributed by atoms with Crippen LogP contribution in [0.15, 0.2) is 0 Å². The Bertz CT molecular complexity index is 244. The molecule has 0 bridgehead atoms. The van der Waals surface area contributed by atoms with Gasteiger partial charge in [0.2, 0.25) is 0 Å². The summed E-state index contributed by atoms with van der Waals surface area (Å²) in [5.74, 6) is 1.56. The molecule has 1 spiro atoms. The van der Waals surface area contributed by atoms with Crippen LogP contribution in [0.4, 0.5) is 0 Å². The largest absolute Gasteiger partial charge is 0.374 e. The minimum Gasteiger partial charge on any atom is -0.374 e. The van der Waals surface area contributed by atoms with Crippen LogP contribution in [0.5, 0.6) is 0 Å². The maximum absolute atomic E-state index is 8.85. The van der Waals surface area contributed by atoms with Crippen molar-refractivity contribution in [1.29, 1.82) is 5.26 Å². The highest BCUT2D eigenvalue weighted by molar-refractivity contribution is 5.20. The Labute approximate surface area is 72.5 Å². The molecule has 3 fully saturated rings. The summed E-state index contributed by atoms with van der Waals surface area (Å²) in [5.41, 5.74) is 0.172. The van der Waals surface area contributed by atoms with E-state index < -0.39 is 0 Å². The van der Waals surface area contributed by atoms with E-state index in [0.717, 1.165) is 6.61 Å². The van der Waals surface area contributed by atoms with Gasteiger partial charge in [0.15, 0.2) is 0 Å². The quantitative estimate of drug-likeness (QED) is 0.544. The third-order valence-corrected chi connectivity index (χ3v) is 3.94. The van der Waals surface area contributed by atoms with Crippen LogP contribution in [0.25, 0.3) is 0 Å². The summed E-state index contributed by atoms with van der Waals surface area (Å²) in [6, 6.07) is 2.41. The van der Waals surface area contributed by atoms with Crippen molar-refractivity contribution in [3.8, 4) is 6.07 Å². The molecule has 1 heterocycles. The van der Waals surface area contributed by atoms with Gasteiger partial charge >= 0.3 is 0 Å². The normalized spacial score (nSPS) is 47.4. The molecule has 3 rings (SSSR count). The third kappa shape index (κ3) is 0.641. The van der Waals surface area contributed by atoms with E-state index in [2.05, 4.69) is 6.07 Å². The van der Waals surface area contributed by atoms with Crippen LogP contribution in [0.2, 0.25) is 0 Å². The number of rotatable bonds is 0. The molecule has 1 aliphatic heterocycles. The van der Waals surface area contributed by atoms with Crippen LogP contribution < -0.4 is 0 Å². The average molecular weight is 163 g/mol. The van der Waals surface area contributed by atoms with Gasteiger partial charge in [-0.2, -0.15) is 5.26 Å². The van der Waals surface area contributed by atoms with Gasteiger partial charge in [-0.15, -0.1) is 0 Å². The van der Waals surface area contributed by atoms with Crippen molar-refractivity contribution in [2.75, 3.05) is 6.61 Å². The molecule has 0 aromatic rings. The first-order valence-electron chi connectivity index (χ1n) is 4.91. The van der Waals surface area contributed by atoms with Crippen molar-refractivity contribution >= 4 is 0 Å². The summed E-state index contributed by atoms with van der Waals surface area (Å²) in [6.45, 7) is 0.864. The Morgan fingerprint density at radius 3 is 2.67 bits per heavy atom. The highest BCUT2D eigenvalue weighted by Crippen LogP contribution is 2.63. The average Bonchev–Trinajstić information content (AvgIpc) is 2.45. The van der Waals surface area contributed by atoms with Gasteiger partial charge in [-0.25, -0.2) is 0 Å². The van der Waals surface area contributed by atoms with E-state index in [1.54, 1.807) is 0 Å². The van der Waals surface area contributed by atoms with Crippen LogP contribution in [0.1, 0.15) is 25.7 Å². The molecule has 2 nitrogen and oxygen atoms in total. The molecule has 0 amide bonds. The molecular weight excluding hydrogens is 150 g/mol. The summed E-state index contributed by atoms with van der Waals surface area (Å²) in [4.78, 5) is 0. The Morgan fingerprint density at radius 1 is 1.33 bits per heavy atom. The van der Waals surface area contributed by atoms with Gasteiger partial charge in [0.05, 0.1) is 24.2 Å². The molecule has 2 aliphatic carbocycles. The molecule has 0 N–H and O–H groups in total. The standard InChI is InChI=1S/C10H13NO/c11-5-7-8-6-12-10(9(7)8)3-1-2-4-10/h7-9H,1-4,6H2. The van der Waals surface area contributed by atoms with Crippen LogP contribution >= 0.6 is 0 Å². The molecular formula is C10H13NO. The predicted octanol–water partition coefficient (Wildman–Crippen LogP) is 1.72. The smallest absolute Gasteiger partial charge is 0.0727 e. The monoisotopic (exact) mass is 163 g/mol. The summed E-state index contributed by atoms with van der Waals surface area (Å²) in [5, 5.41) is 8.85. The van der Waals surface area contributed by atoms with Crippen molar-refractivity contribution in [3.05, 3.63) is 0 Å². The number of hydrogen-bond donors (Lipinski definition) is 0. The van der Waals surface area contributed by atoms with E-state index >= 15 is 0 Å². The minimum absolute atomic E-state index is 0.172. The van der Waals surface area contributed by atoms with Crippen LogP contribution in [0, 0.1) is 29.1 Å². The first-order chi connectivity index (χ1) is 5.87. The van der Waals surface area contributed by atoms with E-state index in [1.165, 1.54) is 25.7 Å². The van der Waals surface area contributed by atoms with Gasteiger partial charge < -0.3 is 4.74 Å². The van der Waals surface area contributed by atoms with Crippen molar-refractivity contribution in [1.82, 2.24) is 0 Å². The van der Waals surface area contributed by atoms with E-state index in [9.17, 15) is 0 Å². The van der Waals surface area contributed by atoms with Crippen molar-refractivity contribution < 1.29 is 4.74 Å². The lowest BCUT2D eigenvalue weighted by atomic mass is 9.95. The van der Waals surface area contributed by atoms with E-state index in [1.807, 2.05) is 0 Å². The predicted molar refractivity (Wildman–Crippen MR) is 43.2 cm³/mol. The first kappa shape index (κ1) is 6.91. The summed E-state index contributed by atoms with van der Waals surface area (Å²) < 4.78 is 5.84. The molecule has 64 valence electrons. The molecule has 3 unspecified atom stereocenters. The van der Waals surface area contributed by atoms with Gasteiger partial charge in [0.25, 0.3) is 0 Å². The number of nitriles is 1. The van der Waals surface area contributed by atoms with Gasteiger partial charge in [0, 0.05) is 11.8 Å². The number of hydrogen-bond acceptors (Lipinski definition) is 2. The Balaban J connectivity index is 1.86. The van der Waals surface area contributed by atoms with Crippen molar-refractivity contribution in [3.63, 3.8) is 0 Å². The molecule has 0 radical (unpaired) electrons. The summed E-state index contributed by atoms with van der Waals surface area (Å²) in [7, 11) is 0. The highest BCUT2D eigenvalue weighted by atomic mass is 16.5. The Kier molecular flexibility index (Phi) is 1.17. The minimum atomic E-state index is 0.172. The fourth-order valence-electron chi connectivity index (χ4n) is 3.28. The first-order valence-corrected chi connectivity index (χ1v) is 4.91. The highest BCUT2D eigenvalue weighted by Gasteiger charge is 2.67. The Hall–Kier alpha value is -0.550. The maximum atomic E-state index is 8.85. The summed E-state index contributed by atoms with van der Waals surface area (Å²) >= 11 is 0. The molecule has 0 aromatic heterocycles. The van der Waals surface area contributed by atoms with E-state index in [4.69, 9.17) is 10.00 Å². The number of fused-ring (bicyclic) bond motifs is 2. The van der Waals surface area contributed by atoms with Crippen LogP contribution in [-0.2, 0) is 4.74 Å². The van der Waals surface area contributed by atoms with E-state index in [-0.39, 0.29) is 5.60 Å². The van der Waals surface area contributed by atoms with Gasteiger partial charge in [-0.3, -0.25) is 0 Å².